The van der Waals surface area contributed by atoms with E-state index in [4.69, 9.17) is 5.73 Å². The summed E-state index contributed by atoms with van der Waals surface area (Å²) in [6, 6.07) is 0.819. The molecular formula is C25H31N3O7. The lowest BCUT2D eigenvalue weighted by Gasteiger charge is -2.50. The molecule has 1 aromatic rings. The fourth-order valence-corrected chi connectivity index (χ4v) is 6.02. The third-order valence-corrected chi connectivity index (χ3v) is 7.64. The average molecular weight is 486 g/mol. The van der Waals surface area contributed by atoms with E-state index in [2.05, 4.69) is 0 Å². The summed E-state index contributed by atoms with van der Waals surface area (Å²) in [6.45, 7) is 1.84. The molecule has 0 fully saturated rings. The Labute approximate surface area is 202 Å². The zero-order valence-electron chi connectivity index (χ0n) is 20.4. The molecule has 35 heavy (non-hydrogen) atoms. The molecule has 0 aromatic heterocycles. The second-order valence-electron chi connectivity index (χ2n) is 9.97. The van der Waals surface area contributed by atoms with Crippen molar-refractivity contribution in [2.45, 2.75) is 37.8 Å². The van der Waals surface area contributed by atoms with Gasteiger partial charge in [0.15, 0.2) is 11.4 Å². The minimum absolute atomic E-state index is 0.0360. The van der Waals surface area contributed by atoms with Crippen LogP contribution in [0.25, 0.3) is 0 Å². The minimum atomic E-state index is -2.63. The second kappa shape index (κ2) is 8.10. The van der Waals surface area contributed by atoms with E-state index >= 15 is 0 Å². The second-order valence-corrected chi connectivity index (χ2v) is 9.97. The van der Waals surface area contributed by atoms with Gasteiger partial charge in [-0.3, -0.25) is 19.3 Å². The van der Waals surface area contributed by atoms with Crippen molar-refractivity contribution in [3.05, 3.63) is 45.4 Å². The van der Waals surface area contributed by atoms with Crippen LogP contribution >= 0.6 is 0 Å². The van der Waals surface area contributed by atoms with Gasteiger partial charge in [-0.15, -0.1) is 0 Å². The first-order valence-electron chi connectivity index (χ1n) is 11.5. The Bertz CT molecular complexity index is 1230. The molecule has 4 rings (SSSR count). The highest BCUT2D eigenvalue weighted by atomic mass is 16.3. The topological polar surface area (TPSA) is 165 Å². The van der Waals surface area contributed by atoms with Crippen molar-refractivity contribution >= 4 is 23.2 Å². The molecule has 10 nitrogen and oxygen atoms in total. The summed E-state index contributed by atoms with van der Waals surface area (Å²) in [7, 11) is 6.85. The fraction of sp³-hybridized carbons (Fsp3) is 0.480. The Morgan fingerprint density at radius 2 is 1.80 bits per heavy atom. The van der Waals surface area contributed by atoms with Gasteiger partial charge in [-0.25, -0.2) is 0 Å². The van der Waals surface area contributed by atoms with Crippen molar-refractivity contribution in [3.63, 3.8) is 0 Å². The Morgan fingerprint density at radius 3 is 2.31 bits per heavy atom. The van der Waals surface area contributed by atoms with Crippen LogP contribution in [0.15, 0.2) is 28.7 Å². The summed E-state index contributed by atoms with van der Waals surface area (Å²) < 4.78 is 0. The molecule has 0 saturated carbocycles. The summed E-state index contributed by atoms with van der Waals surface area (Å²) in [5.74, 6) is -6.43. The Balaban J connectivity index is 2.00. The zero-order valence-corrected chi connectivity index (χ0v) is 20.4. The van der Waals surface area contributed by atoms with Crippen molar-refractivity contribution in [2.24, 2.45) is 17.6 Å². The molecule has 188 valence electrons. The van der Waals surface area contributed by atoms with Crippen molar-refractivity contribution in [1.82, 2.24) is 4.90 Å². The molecule has 0 radical (unpaired) electrons. The number of fused-ring (bicyclic) bond motifs is 3. The van der Waals surface area contributed by atoms with Crippen LogP contribution in [-0.2, 0) is 22.4 Å². The number of aliphatic hydroxyl groups excluding tert-OH is 2. The standard InChI is InChI=1S/C25H31N3O7/c1-6-10-9-14(27(2)3)12-7-11-8-13-18(28(4)5)21(31)17(24(26)34)23(33)25(13,35)22(32)15(11)20(30)16(12)19(10)29/h9,11,13,18,29,31-32,35H,6-8H2,1-5H3,(H2,26,34)/t11?,13?,18-,25-/m0/s1. The Morgan fingerprint density at radius 1 is 1.17 bits per heavy atom. The van der Waals surface area contributed by atoms with Crippen molar-refractivity contribution in [3.8, 4) is 5.75 Å². The molecule has 0 aliphatic heterocycles. The van der Waals surface area contributed by atoms with E-state index < -0.39 is 58.0 Å². The number of nitrogens with two attached hydrogens (primary N) is 1. The highest BCUT2D eigenvalue weighted by Gasteiger charge is 2.63. The molecular weight excluding hydrogens is 454 g/mol. The van der Waals surface area contributed by atoms with E-state index in [-0.39, 0.29) is 29.7 Å². The number of anilines is 1. The van der Waals surface area contributed by atoms with E-state index in [0.29, 0.717) is 17.5 Å². The largest absolute Gasteiger partial charge is 0.510 e. The molecule has 6 N–H and O–H groups in total. The lowest BCUT2D eigenvalue weighted by atomic mass is 9.58. The number of aryl methyl sites for hydroxylation is 1. The maximum absolute atomic E-state index is 13.8. The normalized spacial score (nSPS) is 28.1. The molecule has 0 spiro atoms. The number of rotatable bonds is 4. The lowest BCUT2D eigenvalue weighted by Crippen LogP contribution is -2.63. The number of carbonyl (C=O) groups excluding carboxylic acids is 3. The lowest BCUT2D eigenvalue weighted by molar-refractivity contribution is -0.148. The number of Topliss-reactive ketones (excluding diaryl/α,β-unsaturated/α-hetero) is 2. The predicted molar refractivity (Wildman–Crippen MR) is 127 cm³/mol. The number of hydrogen-bond acceptors (Lipinski definition) is 9. The summed E-state index contributed by atoms with van der Waals surface area (Å²) in [5, 5.41) is 44.7. The van der Waals surface area contributed by atoms with Gasteiger partial charge in [-0.05, 0) is 56.5 Å². The van der Waals surface area contributed by atoms with Gasteiger partial charge in [0.25, 0.3) is 5.91 Å². The Kier molecular flexibility index (Phi) is 5.72. The first-order chi connectivity index (χ1) is 16.3. The first kappa shape index (κ1) is 24.7. The maximum Gasteiger partial charge on any atom is 0.255 e. The molecule has 0 bridgehead atoms. The highest BCUT2D eigenvalue weighted by molar-refractivity contribution is 6.24. The molecule has 0 heterocycles. The van der Waals surface area contributed by atoms with Gasteiger partial charge < -0.3 is 31.1 Å². The smallest absolute Gasteiger partial charge is 0.255 e. The van der Waals surface area contributed by atoms with Crippen LogP contribution in [0, 0.1) is 11.8 Å². The molecule has 0 saturated heterocycles. The van der Waals surface area contributed by atoms with Crippen LogP contribution in [0.2, 0.25) is 0 Å². The van der Waals surface area contributed by atoms with Gasteiger partial charge in [-0.2, -0.15) is 0 Å². The van der Waals surface area contributed by atoms with Crippen LogP contribution in [0.3, 0.4) is 0 Å². The van der Waals surface area contributed by atoms with Gasteiger partial charge in [0.1, 0.15) is 22.8 Å². The predicted octanol–water partition coefficient (Wildman–Crippen LogP) is 0.749. The number of allylic oxidation sites excluding steroid dienone is 1. The number of primary amides is 1. The third kappa shape index (κ3) is 3.20. The molecule has 3 aliphatic rings. The van der Waals surface area contributed by atoms with Crippen LogP contribution < -0.4 is 10.6 Å². The molecule has 1 amide bonds. The number of phenolic OH excluding ortho intramolecular Hbond substituents is 1. The summed E-state index contributed by atoms with van der Waals surface area (Å²) in [6.07, 6.45) is 0.789. The number of phenols is 1. The van der Waals surface area contributed by atoms with E-state index in [9.17, 15) is 34.8 Å². The number of nitrogens with zero attached hydrogens (tertiary/aromatic N) is 2. The van der Waals surface area contributed by atoms with Crippen LogP contribution in [0.1, 0.15) is 34.8 Å². The SMILES string of the molecule is CCc1cc(N(C)C)c2c(c1O)C(=O)C1=C(O)[C@]3(O)C(=O)C(C(N)=O)=C(O)[C@@H](N(C)C)C3CC1C2. The van der Waals surface area contributed by atoms with Gasteiger partial charge in [-0.1, -0.05) is 6.92 Å². The molecule has 10 heteroatoms. The monoisotopic (exact) mass is 485 g/mol. The van der Waals surface area contributed by atoms with Gasteiger partial charge in [0, 0.05) is 31.3 Å². The average Bonchev–Trinajstić information content (AvgIpc) is 2.75. The first-order valence-corrected chi connectivity index (χ1v) is 11.5. The molecule has 1 aromatic carbocycles. The minimum Gasteiger partial charge on any atom is -0.510 e. The summed E-state index contributed by atoms with van der Waals surface area (Å²) in [5.41, 5.74) is 3.70. The number of aromatic hydroxyl groups is 1. The van der Waals surface area contributed by atoms with E-state index in [0.717, 1.165) is 5.69 Å². The van der Waals surface area contributed by atoms with Gasteiger partial charge >= 0.3 is 0 Å². The van der Waals surface area contributed by atoms with Crippen LogP contribution in [0.4, 0.5) is 5.69 Å². The van der Waals surface area contributed by atoms with Gasteiger partial charge in [0.2, 0.25) is 5.78 Å². The quantitative estimate of drug-likeness (QED) is 0.387. The maximum atomic E-state index is 13.8. The van der Waals surface area contributed by atoms with Gasteiger partial charge in [0.05, 0.1) is 11.6 Å². The summed E-state index contributed by atoms with van der Waals surface area (Å²) in [4.78, 5) is 42.5. The number of likely N-dealkylation sites (N-methyl/N-ethyl adjacent to an activating group) is 1. The highest BCUT2D eigenvalue weighted by Crippen LogP contribution is 2.53. The van der Waals surface area contributed by atoms with Crippen molar-refractivity contribution < 1.29 is 34.8 Å². The van der Waals surface area contributed by atoms with Crippen LogP contribution in [-0.4, -0.2) is 82.6 Å². The van der Waals surface area contributed by atoms with E-state index in [1.807, 2.05) is 32.0 Å². The summed E-state index contributed by atoms with van der Waals surface area (Å²) >= 11 is 0. The number of ketones is 2. The van der Waals surface area contributed by atoms with Crippen LogP contribution in [0.5, 0.6) is 5.75 Å². The number of benzene rings is 1. The molecule has 4 atom stereocenters. The fourth-order valence-electron chi connectivity index (χ4n) is 6.02. The van der Waals surface area contributed by atoms with Crippen molar-refractivity contribution in [1.29, 1.82) is 0 Å². The number of aliphatic hydroxyl groups is 3. The number of carbonyl (C=O) groups is 3. The third-order valence-electron chi connectivity index (χ3n) is 7.64. The number of hydrogen-bond donors (Lipinski definition) is 5. The van der Waals surface area contributed by atoms with Crippen molar-refractivity contribution in [2.75, 3.05) is 33.1 Å². The molecule has 2 unspecified atom stereocenters. The Hall–Kier alpha value is -3.37. The molecule has 3 aliphatic carbocycles. The number of amides is 1. The van der Waals surface area contributed by atoms with E-state index in [1.54, 1.807) is 14.1 Å². The zero-order chi connectivity index (χ0) is 26.1. The van der Waals surface area contributed by atoms with E-state index in [1.165, 1.54) is 4.90 Å².